The highest BCUT2D eigenvalue weighted by Gasteiger charge is 2.39. The van der Waals surface area contributed by atoms with Gasteiger partial charge in [-0.15, -0.1) is 9.24 Å². The van der Waals surface area contributed by atoms with E-state index in [0.717, 1.165) is 25.7 Å². The van der Waals surface area contributed by atoms with Gasteiger partial charge in [0.2, 0.25) is 0 Å². The van der Waals surface area contributed by atoms with E-state index in [1.54, 1.807) is 27.4 Å². The molecule has 0 N–H and O–H groups in total. The Kier molecular flexibility index (Phi) is 5.73. The Morgan fingerprint density at radius 3 is 2.18 bits per heavy atom. The molecule has 1 fully saturated rings. The first-order chi connectivity index (χ1) is 10.5. The Labute approximate surface area is 142 Å². The van der Waals surface area contributed by atoms with E-state index < -0.39 is 5.16 Å². The molecule has 0 heterocycles. The largest absolute Gasteiger partial charge is 0.495 e. The summed E-state index contributed by atoms with van der Waals surface area (Å²) >= 11 is 3.45. The molecule has 1 aliphatic carbocycles. The number of halogens is 1. The van der Waals surface area contributed by atoms with Crippen LogP contribution in [0.3, 0.4) is 0 Å². The fourth-order valence-electron chi connectivity index (χ4n) is 3.01. The molecule has 1 unspecified atom stereocenters. The van der Waals surface area contributed by atoms with Gasteiger partial charge in [0, 0.05) is 11.2 Å². The number of ketones is 1. The first-order valence-corrected chi connectivity index (χ1v) is 8.67. The number of carbonyl (C=O) groups is 1. The summed E-state index contributed by atoms with van der Waals surface area (Å²) in [5.41, 5.74) is 0.452. The molecule has 2 rings (SSSR count). The standard InChI is InChI=1S/C16H22BrO4P/c1-19-11-9-10(17)13(20-2)12(14(11)21-3)15(18)16(22)7-5-4-6-8-16/h9H,4-8,22H2,1-3H3. The summed E-state index contributed by atoms with van der Waals surface area (Å²) in [6.07, 6.45) is 5.02. The van der Waals surface area contributed by atoms with Gasteiger partial charge in [0.1, 0.15) is 11.3 Å². The molecule has 1 atom stereocenters. The van der Waals surface area contributed by atoms with Crippen LogP contribution in [-0.4, -0.2) is 32.3 Å². The van der Waals surface area contributed by atoms with Gasteiger partial charge in [-0.05, 0) is 28.8 Å². The van der Waals surface area contributed by atoms with Crippen LogP contribution in [0.4, 0.5) is 0 Å². The van der Waals surface area contributed by atoms with Crippen molar-refractivity contribution in [3.63, 3.8) is 0 Å². The van der Waals surface area contributed by atoms with E-state index in [1.807, 2.05) is 0 Å². The van der Waals surface area contributed by atoms with Crippen molar-refractivity contribution in [2.45, 2.75) is 37.3 Å². The van der Waals surface area contributed by atoms with Crippen LogP contribution in [0.25, 0.3) is 0 Å². The fraction of sp³-hybridized carbons (Fsp3) is 0.562. The molecule has 1 aliphatic rings. The van der Waals surface area contributed by atoms with E-state index in [4.69, 9.17) is 14.2 Å². The zero-order valence-electron chi connectivity index (χ0n) is 13.2. The zero-order valence-corrected chi connectivity index (χ0v) is 15.9. The van der Waals surface area contributed by atoms with Crippen molar-refractivity contribution < 1.29 is 19.0 Å². The van der Waals surface area contributed by atoms with Gasteiger partial charge in [-0.3, -0.25) is 4.79 Å². The van der Waals surface area contributed by atoms with E-state index in [0.29, 0.717) is 27.3 Å². The molecule has 122 valence electrons. The molecule has 0 spiro atoms. The van der Waals surface area contributed by atoms with E-state index in [-0.39, 0.29) is 5.78 Å². The van der Waals surface area contributed by atoms with Gasteiger partial charge in [-0.1, -0.05) is 19.3 Å². The summed E-state index contributed by atoms with van der Waals surface area (Å²) in [7, 11) is 7.42. The third kappa shape index (κ3) is 3.11. The Hall–Kier alpha value is -0.800. The second-order valence-electron chi connectivity index (χ2n) is 5.55. The lowest BCUT2D eigenvalue weighted by atomic mass is 9.82. The number of hydrogen-bond acceptors (Lipinski definition) is 4. The van der Waals surface area contributed by atoms with Crippen LogP contribution in [0, 0.1) is 0 Å². The van der Waals surface area contributed by atoms with Crippen molar-refractivity contribution in [2.75, 3.05) is 21.3 Å². The molecular formula is C16H22BrO4P. The van der Waals surface area contributed by atoms with Crippen LogP contribution in [0.1, 0.15) is 42.5 Å². The highest BCUT2D eigenvalue weighted by atomic mass is 79.9. The minimum Gasteiger partial charge on any atom is -0.495 e. The molecule has 22 heavy (non-hydrogen) atoms. The molecule has 1 aromatic rings. The smallest absolute Gasteiger partial charge is 0.180 e. The van der Waals surface area contributed by atoms with Gasteiger partial charge in [0.05, 0.1) is 25.8 Å². The summed E-state index contributed by atoms with van der Waals surface area (Å²) in [5, 5.41) is -0.454. The summed E-state index contributed by atoms with van der Waals surface area (Å²) in [6, 6.07) is 1.75. The molecule has 0 amide bonds. The first-order valence-electron chi connectivity index (χ1n) is 7.30. The number of methoxy groups -OCH3 is 3. The van der Waals surface area contributed by atoms with Crippen LogP contribution in [0.2, 0.25) is 0 Å². The molecule has 1 aromatic carbocycles. The minimum absolute atomic E-state index is 0.0329. The number of rotatable bonds is 5. The first kappa shape index (κ1) is 17.6. The van der Waals surface area contributed by atoms with Gasteiger partial charge in [0.15, 0.2) is 17.3 Å². The van der Waals surface area contributed by atoms with Crippen molar-refractivity contribution >= 4 is 31.0 Å². The maximum Gasteiger partial charge on any atom is 0.180 e. The average Bonchev–Trinajstić information content (AvgIpc) is 2.53. The second kappa shape index (κ2) is 7.18. The number of ether oxygens (including phenoxy) is 3. The van der Waals surface area contributed by atoms with Crippen molar-refractivity contribution in [3.8, 4) is 17.2 Å². The summed E-state index contributed by atoms with van der Waals surface area (Å²) in [6.45, 7) is 0. The van der Waals surface area contributed by atoms with Crippen molar-refractivity contribution in [3.05, 3.63) is 16.1 Å². The molecule has 0 radical (unpaired) electrons. The zero-order chi connectivity index (χ0) is 16.3. The van der Waals surface area contributed by atoms with Gasteiger partial charge < -0.3 is 14.2 Å². The summed E-state index contributed by atoms with van der Waals surface area (Å²) in [4.78, 5) is 13.2. The molecule has 0 aliphatic heterocycles. The minimum atomic E-state index is -0.454. The normalized spacial score (nSPS) is 17.0. The Balaban J connectivity index is 2.61. The van der Waals surface area contributed by atoms with Gasteiger partial charge in [-0.25, -0.2) is 0 Å². The van der Waals surface area contributed by atoms with Gasteiger partial charge in [0.25, 0.3) is 0 Å². The van der Waals surface area contributed by atoms with Crippen LogP contribution >= 0.6 is 25.2 Å². The predicted octanol–water partition coefficient (Wildman–Crippen LogP) is 4.24. The van der Waals surface area contributed by atoms with Crippen LogP contribution in [-0.2, 0) is 0 Å². The maximum atomic E-state index is 13.2. The molecule has 0 saturated heterocycles. The highest BCUT2D eigenvalue weighted by molar-refractivity contribution is 9.10. The van der Waals surface area contributed by atoms with Gasteiger partial charge in [-0.2, -0.15) is 0 Å². The second-order valence-corrected chi connectivity index (χ2v) is 7.51. The van der Waals surface area contributed by atoms with E-state index in [2.05, 4.69) is 25.2 Å². The third-order valence-corrected chi connectivity index (χ3v) is 5.63. The number of Topliss-reactive ketones (excluding diaryl/α,β-unsaturated/α-hetero) is 1. The summed E-state index contributed by atoms with van der Waals surface area (Å²) < 4.78 is 17.0. The molecular weight excluding hydrogens is 367 g/mol. The Morgan fingerprint density at radius 1 is 1.09 bits per heavy atom. The van der Waals surface area contributed by atoms with Gasteiger partial charge >= 0.3 is 0 Å². The fourth-order valence-corrected chi connectivity index (χ4v) is 4.13. The highest BCUT2D eigenvalue weighted by Crippen LogP contribution is 2.48. The molecule has 1 saturated carbocycles. The lowest BCUT2D eigenvalue weighted by molar-refractivity contribution is 0.0910. The molecule has 6 heteroatoms. The predicted molar refractivity (Wildman–Crippen MR) is 93.7 cm³/mol. The third-order valence-electron chi connectivity index (χ3n) is 4.21. The van der Waals surface area contributed by atoms with Crippen molar-refractivity contribution in [1.29, 1.82) is 0 Å². The lowest BCUT2D eigenvalue weighted by Crippen LogP contribution is -2.34. The lowest BCUT2D eigenvalue weighted by Gasteiger charge is -2.33. The van der Waals surface area contributed by atoms with Crippen LogP contribution < -0.4 is 14.2 Å². The molecule has 4 nitrogen and oxygen atoms in total. The molecule has 0 bridgehead atoms. The van der Waals surface area contributed by atoms with Crippen molar-refractivity contribution in [2.24, 2.45) is 0 Å². The van der Waals surface area contributed by atoms with Crippen molar-refractivity contribution in [1.82, 2.24) is 0 Å². The monoisotopic (exact) mass is 388 g/mol. The number of benzene rings is 1. The summed E-state index contributed by atoms with van der Waals surface area (Å²) in [5.74, 6) is 1.48. The van der Waals surface area contributed by atoms with E-state index >= 15 is 0 Å². The SMILES string of the molecule is COc1cc(Br)c(OC)c(C(=O)C2(P)CCCCC2)c1OC. The van der Waals surface area contributed by atoms with Crippen LogP contribution in [0.5, 0.6) is 17.2 Å². The van der Waals surface area contributed by atoms with Crippen LogP contribution in [0.15, 0.2) is 10.5 Å². The van der Waals surface area contributed by atoms with E-state index in [1.165, 1.54) is 6.42 Å². The topological polar surface area (TPSA) is 44.8 Å². The Morgan fingerprint density at radius 2 is 1.68 bits per heavy atom. The average molecular weight is 389 g/mol. The Bertz CT molecular complexity index is 568. The number of hydrogen-bond donors (Lipinski definition) is 0. The number of carbonyl (C=O) groups excluding carboxylic acids is 1. The van der Waals surface area contributed by atoms with E-state index in [9.17, 15) is 4.79 Å². The molecule has 0 aromatic heterocycles. The maximum absolute atomic E-state index is 13.2. The quantitative estimate of drug-likeness (QED) is 0.559.